The molecule has 0 unspecified atom stereocenters. The van der Waals surface area contributed by atoms with Gasteiger partial charge in [0.25, 0.3) is 0 Å². The highest BCUT2D eigenvalue weighted by atomic mass is 19.3. The number of anilines is 1. The number of rotatable bonds is 7. The number of carbonyl (C=O) groups excluding carboxylic acids is 1. The van der Waals surface area contributed by atoms with Crippen LogP contribution < -0.4 is 15.4 Å². The lowest BCUT2D eigenvalue weighted by molar-refractivity contribution is -0.0498. The van der Waals surface area contributed by atoms with Crippen molar-refractivity contribution in [1.29, 1.82) is 0 Å². The minimum atomic E-state index is -2.92. The highest BCUT2D eigenvalue weighted by Gasteiger charge is 2.11. The Morgan fingerprint density at radius 3 is 2.54 bits per heavy atom. The third-order valence-corrected chi connectivity index (χ3v) is 2.93. The van der Waals surface area contributed by atoms with Crippen molar-refractivity contribution in [3.05, 3.63) is 42.5 Å². The van der Waals surface area contributed by atoms with Crippen LogP contribution in [0.3, 0.4) is 0 Å². The van der Waals surface area contributed by atoms with Crippen molar-refractivity contribution >= 4 is 11.7 Å². The highest BCUT2D eigenvalue weighted by Crippen LogP contribution is 2.17. The van der Waals surface area contributed by atoms with Crippen molar-refractivity contribution in [3.8, 4) is 5.75 Å². The summed E-state index contributed by atoms with van der Waals surface area (Å²) in [5.74, 6) is 0.119. The van der Waals surface area contributed by atoms with Gasteiger partial charge < -0.3 is 15.4 Å². The lowest BCUT2D eigenvalue weighted by atomic mass is 10.3. The average molecular weight is 346 g/mol. The van der Waals surface area contributed by atoms with Gasteiger partial charge in [-0.2, -0.15) is 17.6 Å². The van der Waals surface area contributed by atoms with Crippen LogP contribution in [0.25, 0.3) is 0 Å². The van der Waals surface area contributed by atoms with E-state index in [0.717, 1.165) is 6.20 Å². The number of benzene rings is 1. The van der Waals surface area contributed by atoms with Gasteiger partial charge in [0.05, 0.1) is 0 Å². The second-order valence-corrected chi connectivity index (χ2v) is 4.56. The zero-order valence-electron chi connectivity index (χ0n) is 12.3. The third kappa shape index (κ3) is 5.14. The molecule has 0 aliphatic carbocycles. The summed E-state index contributed by atoms with van der Waals surface area (Å²) >= 11 is 0. The Bertz CT molecular complexity index is 661. The SMILES string of the molecule is O=C(NCCc1nccn1C(F)F)Nc1ccc(OC(F)F)cc1. The molecule has 0 saturated heterocycles. The Balaban J connectivity index is 1.78. The summed E-state index contributed by atoms with van der Waals surface area (Å²) in [5.41, 5.74) is 0.364. The molecule has 2 aromatic rings. The van der Waals surface area contributed by atoms with Gasteiger partial charge in [-0.25, -0.2) is 9.78 Å². The molecule has 0 atom stereocenters. The van der Waals surface area contributed by atoms with Gasteiger partial charge >= 0.3 is 19.2 Å². The molecular weight excluding hydrogens is 332 g/mol. The van der Waals surface area contributed by atoms with Crippen molar-refractivity contribution in [3.63, 3.8) is 0 Å². The van der Waals surface area contributed by atoms with Crippen LogP contribution >= 0.6 is 0 Å². The molecular formula is C14H14F4N4O2. The van der Waals surface area contributed by atoms with Gasteiger partial charge in [0, 0.05) is 31.0 Å². The van der Waals surface area contributed by atoms with Crippen LogP contribution in [0.15, 0.2) is 36.7 Å². The quantitative estimate of drug-likeness (QED) is 0.756. The van der Waals surface area contributed by atoms with E-state index in [0.29, 0.717) is 10.3 Å². The molecule has 1 heterocycles. The van der Waals surface area contributed by atoms with Gasteiger partial charge in [0.2, 0.25) is 0 Å². The Hall–Kier alpha value is -2.78. The second kappa shape index (κ2) is 8.18. The Morgan fingerprint density at radius 2 is 1.92 bits per heavy atom. The number of alkyl halides is 4. The van der Waals surface area contributed by atoms with E-state index in [4.69, 9.17) is 0 Å². The number of hydrogen-bond acceptors (Lipinski definition) is 3. The first kappa shape index (κ1) is 17.6. The van der Waals surface area contributed by atoms with Gasteiger partial charge in [0.15, 0.2) is 0 Å². The molecule has 10 heteroatoms. The summed E-state index contributed by atoms with van der Waals surface area (Å²) in [5, 5.41) is 4.95. The number of ether oxygens (including phenoxy) is 1. The molecule has 0 saturated carbocycles. The highest BCUT2D eigenvalue weighted by molar-refractivity contribution is 5.89. The standard InChI is InChI=1S/C14H14F4N4O2/c15-12(16)22-8-7-19-11(22)5-6-20-14(23)21-9-1-3-10(4-2-9)24-13(17)18/h1-4,7-8,12-13H,5-6H2,(H2,20,21,23). The van der Waals surface area contributed by atoms with E-state index in [2.05, 4.69) is 20.4 Å². The van der Waals surface area contributed by atoms with E-state index < -0.39 is 19.2 Å². The summed E-state index contributed by atoms with van der Waals surface area (Å²) < 4.78 is 54.1. The normalized spacial score (nSPS) is 10.9. The molecule has 130 valence electrons. The number of amides is 2. The van der Waals surface area contributed by atoms with Gasteiger partial charge in [-0.05, 0) is 24.3 Å². The molecule has 2 rings (SSSR count). The molecule has 1 aromatic heterocycles. The summed E-state index contributed by atoms with van der Waals surface area (Å²) in [7, 11) is 0. The van der Waals surface area contributed by atoms with Gasteiger partial charge in [0.1, 0.15) is 11.6 Å². The van der Waals surface area contributed by atoms with Gasteiger partial charge in [-0.3, -0.25) is 4.57 Å². The van der Waals surface area contributed by atoms with Crippen LogP contribution in [0.1, 0.15) is 12.4 Å². The predicted molar refractivity (Wildman–Crippen MR) is 77.3 cm³/mol. The van der Waals surface area contributed by atoms with E-state index in [1.165, 1.54) is 30.5 Å². The lowest BCUT2D eigenvalue weighted by Crippen LogP contribution is -2.31. The minimum Gasteiger partial charge on any atom is -0.435 e. The first-order valence-electron chi connectivity index (χ1n) is 6.85. The number of aromatic nitrogens is 2. The molecule has 0 bridgehead atoms. The number of urea groups is 1. The number of hydrogen-bond donors (Lipinski definition) is 2. The first-order chi connectivity index (χ1) is 11.5. The number of carbonyl (C=O) groups is 1. The molecule has 0 aliphatic rings. The molecule has 1 aromatic carbocycles. The summed E-state index contributed by atoms with van der Waals surface area (Å²) in [6.07, 6.45) is 2.54. The van der Waals surface area contributed by atoms with Crippen molar-refractivity contribution in [2.24, 2.45) is 0 Å². The Morgan fingerprint density at radius 1 is 1.21 bits per heavy atom. The van der Waals surface area contributed by atoms with E-state index in [9.17, 15) is 22.4 Å². The van der Waals surface area contributed by atoms with Crippen LogP contribution in [0.2, 0.25) is 0 Å². The van der Waals surface area contributed by atoms with Crippen molar-refractivity contribution in [2.75, 3.05) is 11.9 Å². The summed E-state index contributed by atoms with van der Waals surface area (Å²) in [4.78, 5) is 15.5. The van der Waals surface area contributed by atoms with Gasteiger partial charge in [-0.1, -0.05) is 0 Å². The van der Waals surface area contributed by atoms with Crippen molar-refractivity contribution in [2.45, 2.75) is 19.6 Å². The van der Waals surface area contributed by atoms with E-state index in [-0.39, 0.29) is 24.5 Å². The summed E-state index contributed by atoms with van der Waals surface area (Å²) in [6.45, 7) is -5.51. The molecule has 0 radical (unpaired) electrons. The monoisotopic (exact) mass is 346 g/mol. The molecule has 24 heavy (non-hydrogen) atoms. The maximum Gasteiger partial charge on any atom is 0.387 e. The van der Waals surface area contributed by atoms with Crippen LogP contribution in [0.4, 0.5) is 28.0 Å². The second-order valence-electron chi connectivity index (χ2n) is 4.56. The molecule has 2 amide bonds. The smallest absolute Gasteiger partial charge is 0.387 e. The molecule has 2 N–H and O–H groups in total. The molecule has 6 nitrogen and oxygen atoms in total. The zero-order valence-corrected chi connectivity index (χ0v) is 12.3. The van der Waals surface area contributed by atoms with E-state index in [1.54, 1.807) is 0 Å². The van der Waals surface area contributed by atoms with Crippen LogP contribution in [-0.4, -0.2) is 28.7 Å². The van der Waals surface area contributed by atoms with Crippen molar-refractivity contribution in [1.82, 2.24) is 14.9 Å². The van der Waals surface area contributed by atoms with Crippen LogP contribution in [-0.2, 0) is 6.42 Å². The summed E-state index contributed by atoms with van der Waals surface area (Å²) in [6, 6.07) is 4.77. The fourth-order valence-corrected chi connectivity index (χ4v) is 1.90. The molecule has 0 fully saturated rings. The maximum atomic E-state index is 12.6. The minimum absolute atomic E-state index is 0.0326. The Kier molecular flexibility index (Phi) is 5.99. The number of imidazole rings is 1. The fraction of sp³-hybridized carbons (Fsp3) is 0.286. The number of nitrogens with one attached hydrogen (secondary N) is 2. The maximum absolute atomic E-state index is 12.6. The number of halogens is 4. The van der Waals surface area contributed by atoms with Crippen LogP contribution in [0, 0.1) is 0 Å². The molecule has 0 aliphatic heterocycles. The molecule has 0 spiro atoms. The van der Waals surface area contributed by atoms with E-state index in [1.807, 2.05) is 0 Å². The average Bonchev–Trinajstić information content (AvgIpc) is 2.97. The first-order valence-corrected chi connectivity index (χ1v) is 6.85. The zero-order chi connectivity index (χ0) is 17.5. The number of nitrogens with zero attached hydrogens (tertiary/aromatic N) is 2. The Labute approximate surface area is 134 Å². The van der Waals surface area contributed by atoms with Gasteiger partial charge in [-0.15, -0.1) is 0 Å². The third-order valence-electron chi connectivity index (χ3n) is 2.93. The largest absolute Gasteiger partial charge is 0.435 e. The fourth-order valence-electron chi connectivity index (χ4n) is 1.90. The van der Waals surface area contributed by atoms with Crippen LogP contribution in [0.5, 0.6) is 5.75 Å². The van der Waals surface area contributed by atoms with E-state index >= 15 is 0 Å². The predicted octanol–water partition coefficient (Wildman–Crippen LogP) is 3.24. The van der Waals surface area contributed by atoms with Crippen molar-refractivity contribution < 1.29 is 27.1 Å². The topological polar surface area (TPSA) is 68.2 Å². The lowest BCUT2D eigenvalue weighted by Gasteiger charge is -2.09.